The minimum atomic E-state index is -1.25. The molecule has 1 fully saturated rings. The van der Waals surface area contributed by atoms with Crippen LogP contribution >= 0.6 is 0 Å². The van der Waals surface area contributed by atoms with Crippen LogP contribution in [0.1, 0.15) is 19.1 Å². The highest BCUT2D eigenvalue weighted by Crippen LogP contribution is 2.22. The maximum Gasteiger partial charge on any atom is 0.312 e. The van der Waals surface area contributed by atoms with Gasteiger partial charge in [0.2, 0.25) is 5.91 Å². The largest absolute Gasteiger partial charge is 0.467 e. The fourth-order valence-electron chi connectivity index (χ4n) is 2.83. The van der Waals surface area contributed by atoms with E-state index in [1.165, 1.54) is 18.1 Å². The highest BCUT2D eigenvalue weighted by atomic mass is 19.1. The first-order chi connectivity index (χ1) is 13.3. The molecule has 3 rings (SSSR count). The van der Waals surface area contributed by atoms with Gasteiger partial charge >= 0.3 is 5.97 Å². The third-order valence-corrected chi connectivity index (χ3v) is 4.32. The molecule has 1 saturated heterocycles. The molecule has 9 heteroatoms. The molecule has 2 atom stereocenters. The topological polar surface area (TPSA) is 88.9 Å². The molecule has 7 nitrogen and oxygen atoms in total. The molecule has 0 radical (unpaired) electrons. The zero-order chi connectivity index (χ0) is 20.3. The van der Waals surface area contributed by atoms with Gasteiger partial charge in [0.05, 0.1) is 24.4 Å². The molecule has 0 unspecified atom stereocenters. The molecular weight excluding hydrogens is 374 g/mol. The van der Waals surface area contributed by atoms with E-state index in [0.29, 0.717) is 5.76 Å². The van der Waals surface area contributed by atoms with Gasteiger partial charge in [0.1, 0.15) is 17.4 Å². The van der Waals surface area contributed by atoms with Crippen molar-refractivity contribution in [2.45, 2.75) is 26.0 Å². The molecule has 2 heterocycles. The van der Waals surface area contributed by atoms with Crippen LogP contribution < -0.4 is 5.32 Å². The quantitative estimate of drug-likeness (QED) is 0.763. The molecule has 0 aliphatic carbocycles. The van der Waals surface area contributed by atoms with E-state index in [1.54, 1.807) is 12.1 Å². The molecule has 1 N–H and O–H groups in total. The van der Waals surface area contributed by atoms with Gasteiger partial charge in [-0.3, -0.25) is 14.4 Å². The van der Waals surface area contributed by atoms with Crippen molar-refractivity contribution in [1.29, 1.82) is 0 Å². The molecule has 0 bridgehead atoms. The summed E-state index contributed by atoms with van der Waals surface area (Å²) >= 11 is 0. The molecule has 28 heavy (non-hydrogen) atoms. The fourth-order valence-corrected chi connectivity index (χ4v) is 2.83. The van der Waals surface area contributed by atoms with Crippen molar-refractivity contribution in [1.82, 2.24) is 4.90 Å². The van der Waals surface area contributed by atoms with Crippen molar-refractivity contribution in [3.8, 4) is 0 Å². The SMILES string of the molecule is C[C@H](OC(=O)[C@H]1CC(=O)N(Cc2ccco2)C1)C(=O)Nc1cc(F)ccc1F. The summed E-state index contributed by atoms with van der Waals surface area (Å²) in [7, 11) is 0. The zero-order valence-electron chi connectivity index (χ0n) is 15.0. The minimum absolute atomic E-state index is 0.0353. The number of hydrogen-bond acceptors (Lipinski definition) is 5. The van der Waals surface area contributed by atoms with E-state index in [4.69, 9.17) is 9.15 Å². The number of carbonyl (C=O) groups excluding carboxylic acids is 3. The second kappa shape index (κ2) is 8.20. The lowest BCUT2D eigenvalue weighted by molar-refractivity contribution is -0.157. The molecule has 2 aromatic rings. The Morgan fingerprint density at radius 1 is 1.36 bits per heavy atom. The Morgan fingerprint density at radius 3 is 2.86 bits per heavy atom. The van der Waals surface area contributed by atoms with Gasteiger partial charge in [0, 0.05) is 19.0 Å². The molecule has 1 aromatic carbocycles. The summed E-state index contributed by atoms with van der Waals surface area (Å²) in [4.78, 5) is 37.9. The summed E-state index contributed by atoms with van der Waals surface area (Å²) in [6.45, 7) is 1.69. The van der Waals surface area contributed by atoms with Crippen LogP contribution in [-0.2, 0) is 25.7 Å². The van der Waals surface area contributed by atoms with E-state index >= 15 is 0 Å². The van der Waals surface area contributed by atoms with E-state index in [0.717, 1.165) is 18.2 Å². The second-order valence-corrected chi connectivity index (χ2v) is 6.45. The number of likely N-dealkylation sites (tertiary alicyclic amines) is 1. The number of halogens is 2. The summed E-state index contributed by atoms with van der Waals surface area (Å²) in [5.74, 6) is -3.41. The van der Waals surface area contributed by atoms with Gasteiger partial charge < -0.3 is 19.4 Å². The predicted molar refractivity (Wildman–Crippen MR) is 92.8 cm³/mol. The van der Waals surface area contributed by atoms with Crippen molar-refractivity contribution in [2.75, 3.05) is 11.9 Å². The zero-order valence-corrected chi connectivity index (χ0v) is 15.0. The fraction of sp³-hybridized carbons (Fsp3) is 0.316. The van der Waals surface area contributed by atoms with Crippen LogP contribution in [0.3, 0.4) is 0 Å². The van der Waals surface area contributed by atoms with Crippen LogP contribution in [0.4, 0.5) is 14.5 Å². The smallest absolute Gasteiger partial charge is 0.312 e. The number of carbonyl (C=O) groups is 3. The molecule has 0 saturated carbocycles. The van der Waals surface area contributed by atoms with Crippen LogP contribution in [-0.4, -0.2) is 35.3 Å². The number of rotatable bonds is 6. The van der Waals surface area contributed by atoms with Crippen LogP contribution in [0.25, 0.3) is 0 Å². The monoisotopic (exact) mass is 392 g/mol. The van der Waals surface area contributed by atoms with Crippen LogP contribution in [0.2, 0.25) is 0 Å². The van der Waals surface area contributed by atoms with Gasteiger partial charge in [-0.05, 0) is 31.2 Å². The number of benzene rings is 1. The van der Waals surface area contributed by atoms with Crippen molar-refractivity contribution >= 4 is 23.5 Å². The maximum atomic E-state index is 13.6. The van der Waals surface area contributed by atoms with Gasteiger partial charge in [-0.25, -0.2) is 8.78 Å². The second-order valence-electron chi connectivity index (χ2n) is 6.45. The van der Waals surface area contributed by atoms with E-state index in [-0.39, 0.29) is 31.1 Å². The van der Waals surface area contributed by atoms with E-state index in [2.05, 4.69) is 5.32 Å². The predicted octanol–water partition coefficient (Wildman–Crippen LogP) is 2.48. The van der Waals surface area contributed by atoms with Crippen LogP contribution in [0.15, 0.2) is 41.0 Å². The van der Waals surface area contributed by atoms with E-state index in [9.17, 15) is 23.2 Å². The number of ether oxygens (including phenoxy) is 1. The molecule has 1 aliphatic rings. The Balaban J connectivity index is 1.54. The average molecular weight is 392 g/mol. The standard InChI is InChI=1S/C19H18F2N2O5/c1-11(18(25)22-16-8-13(20)4-5-15(16)21)28-19(26)12-7-17(24)23(9-12)10-14-3-2-6-27-14/h2-6,8,11-12H,7,9-10H2,1H3,(H,22,25)/t11-,12-/m0/s1. The van der Waals surface area contributed by atoms with E-state index in [1.807, 2.05) is 0 Å². The van der Waals surface area contributed by atoms with Crippen molar-refractivity contribution in [3.05, 3.63) is 54.0 Å². The summed E-state index contributed by atoms with van der Waals surface area (Å²) in [5.41, 5.74) is -0.353. The van der Waals surface area contributed by atoms with Crippen molar-refractivity contribution in [2.24, 2.45) is 5.92 Å². The van der Waals surface area contributed by atoms with Gasteiger partial charge in [-0.15, -0.1) is 0 Å². The van der Waals surface area contributed by atoms with Gasteiger partial charge in [0.25, 0.3) is 5.91 Å². The molecule has 1 aromatic heterocycles. The Hall–Kier alpha value is -3.23. The molecule has 0 spiro atoms. The highest BCUT2D eigenvalue weighted by molar-refractivity contribution is 5.95. The molecular formula is C19H18F2N2O5. The normalized spacial score (nSPS) is 17.5. The number of amides is 2. The summed E-state index contributed by atoms with van der Waals surface area (Å²) in [5, 5.41) is 2.17. The Kier molecular flexibility index (Phi) is 5.72. The minimum Gasteiger partial charge on any atom is -0.467 e. The number of anilines is 1. The number of esters is 1. The summed E-state index contributed by atoms with van der Waals surface area (Å²) in [6, 6.07) is 6.03. The Labute approximate surface area is 159 Å². The van der Waals surface area contributed by atoms with Crippen LogP contribution in [0.5, 0.6) is 0 Å². The molecule has 1 aliphatic heterocycles. The average Bonchev–Trinajstić information content (AvgIpc) is 3.28. The number of hydrogen-bond donors (Lipinski definition) is 1. The lowest BCUT2D eigenvalue weighted by Gasteiger charge is -2.17. The lowest BCUT2D eigenvalue weighted by Crippen LogP contribution is -2.33. The first-order valence-electron chi connectivity index (χ1n) is 8.60. The molecule has 148 valence electrons. The first-order valence-corrected chi connectivity index (χ1v) is 8.60. The maximum absolute atomic E-state index is 13.6. The molecule has 2 amide bonds. The van der Waals surface area contributed by atoms with E-state index < -0.39 is 35.5 Å². The number of nitrogens with zero attached hydrogens (tertiary/aromatic N) is 1. The number of furan rings is 1. The Bertz CT molecular complexity index is 884. The van der Waals surface area contributed by atoms with Crippen molar-refractivity contribution < 1.29 is 32.3 Å². The Morgan fingerprint density at radius 2 is 2.14 bits per heavy atom. The third-order valence-electron chi connectivity index (χ3n) is 4.32. The van der Waals surface area contributed by atoms with Crippen LogP contribution in [0, 0.1) is 17.6 Å². The lowest BCUT2D eigenvalue weighted by atomic mass is 10.1. The summed E-state index contributed by atoms with van der Waals surface area (Å²) < 4.78 is 37.1. The third kappa shape index (κ3) is 4.54. The van der Waals surface area contributed by atoms with Gasteiger partial charge in [-0.2, -0.15) is 0 Å². The summed E-state index contributed by atoms with van der Waals surface area (Å²) in [6.07, 6.45) is 0.208. The van der Waals surface area contributed by atoms with Crippen molar-refractivity contribution in [3.63, 3.8) is 0 Å². The number of nitrogens with one attached hydrogen (secondary N) is 1. The highest BCUT2D eigenvalue weighted by Gasteiger charge is 2.37. The van der Waals surface area contributed by atoms with Gasteiger partial charge in [-0.1, -0.05) is 0 Å². The first kappa shape index (κ1) is 19.5. The van der Waals surface area contributed by atoms with Gasteiger partial charge in [0.15, 0.2) is 6.10 Å².